The minimum atomic E-state index is -0.307. The first-order valence-corrected chi connectivity index (χ1v) is 10.6. The van der Waals surface area contributed by atoms with Crippen LogP contribution in [0.2, 0.25) is 0 Å². The van der Waals surface area contributed by atoms with Gasteiger partial charge in [-0.05, 0) is 75.0 Å². The number of methoxy groups -OCH3 is 1. The summed E-state index contributed by atoms with van der Waals surface area (Å²) in [6.45, 7) is 4.93. The van der Waals surface area contributed by atoms with Crippen molar-refractivity contribution in [2.75, 3.05) is 23.9 Å². The highest BCUT2D eigenvalue weighted by molar-refractivity contribution is 7.80. The van der Waals surface area contributed by atoms with Gasteiger partial charge in [0.15, 0.2) is 5.11 Å². The number of amides is 1. The second-order valence-electron chi connectivity index (χ2n) is 8.32. The van der Waals surface area contributed by atoms with Crippen LogP contribution < -0.4 is 25.0 Å². The number of hydrogen-bond acceptors (Lipinski definition) is 4. The summed E-state index contributed by atoms with van der Waals surface area (Å²) in [5.74, 6) is 1.81. The van der Waals surface area contributed by atoms with Gasteiger partial charge in [-0.2, -0.15) is 0 Å². The van der Waals surface area contributed by atoms with Gasteiger partial charge < -0.3 is 25.0 Å². The third kappa shape index (κ3) is 4.36. The number of thiocarbonyl (C=S) groups is 1. The van der Waals surface area contributed by atoms with Crippen LogP contribution in [0.3, 0.4) is 0 Å². The number of fused-ring (bicyclic) bond motifs is 1. The molecule has 6 nitrogen and oxygen atoms in total. The summed E-state index contributed by atoms with van der Waals surface area (Å²) in [4.78, 5) is 13.7. The number of anilines is 2. The molecule has 0 saturated carbocycles. The topological polar surface area (TPSA) is 62.8 Å². The normalized spacial score (nSPS) is 19.6. The minimum Gasteiger partial charge on any atom is -0.497 e. The molecule has 2 aromatic carbocycles. The van der Waals surface area contributed by atoms with Crippen molar-refractivity contribution in [2.24, 2.45) is 0 Å². The zero-order valence-electron chi connectivity index (χ0n) is 17.5. The van der Waals surface area contributed by atoms with Gasteiger partial charge in [0, 0.05) is 36.3 Å². The lowest BCUT2D eigenvalue weighted by molar-refractivity contribution is -0.117. The number of nitrogens with zero attached hydrogens (tertiary/aromatic N) is 1. The fraction of sp³-hybridized carbons (Fsp3) is 0.391. The molecule has 1 amide bonds. The zero-order valence-corrected chi connectivity index (χ0v) is 18.3. The van der Waals surface area contributed by atoms with Gasteiger partial charge in [-0.15, -0.1) is 0 Å². The SMILES string of the molecule is COc1ccc2c(c1)[C@H](NC(=S)Nc1ccc(N3CCCC3=O)cc1)CC(C)(C)O2. The summed E-state index contributed by atoms with van der Waals surface area (Å²) < 4.78 is 11.5. The first-order valence-electron chi connectivity index (χ1n) is 10.2. The van der Waals surface area contributed by atoms with Gasteiger partial charge in [-0.1, -0.05) is 0 Å². The van der Waals surface area contributed by atoms with Crippen LogP contribution >= 0.6 is 12.2 Å². The Kier molecular flexibility index (Phi) is 5.56. The van der Waals surface area contributed by atoms with Gasteiger partial charge >= 0.3 is 0 Å². The quantitative estimate of drug-likeness (QED) is 0.708. The number of ether oxygens (including phenoxy) is 2. The van der Waals surface area contributed by atoms with Crippen molar-refractivity contribution in [1.82, 2.24) is 5.32 Å². The molecule has 1 atom stereocenters. The lowest BCUT2D eigenvalue weighted by Crippen LogP contribution is -2.42. The van der Waals surface area contributed by atoms with E-state index in [9.17, 15) is 4.79 Å². The molecule has 0 aliphatic carbocycles. The lowest BCUT2D eigenvalue weighted by Gasteiger charge is -2.38. The van der Waals surface area contributed by atoms with E-state index in [0.717, 1.165) is 47.8 Å². The van der Waals surface area contributed by atoms with Gasteiger partial charge in [-0.25, -0.2) is 0 Å². The van der Waals surface area contributed by atoms with E-state index in [4.69, 9.17) is 21.7 Å². The number of carbonyl (C=O) groups is 1. The van der Waals surface area contributed by atoms with Gasteiger partial charge in [0.2, 0.25) is 5.91 Å². The van der Waals surface area contributed by atoms with Gasteiger partial charge in [0.1, 0.15) is 17.1 Å². The van der Waals surface area contributed by atoms with Crippen LogP contribution in [0, 0.1) is 0 Å². The van der Waals surface area contributed by atoms with Crippen LogP contribution in [0.25, 0.3) is 0 Å². The third-order valence-corrected chi connectivity index (χ3v) is 5.71. The van der Waals surface area contributed by atoms with E-state index in [1.165, 1.54) is 0 Å². The first kappa shape index (κ1) is 20.5. The van der Waals surface area contributed by atoms with Crippen molar-refractivity contribution >= 4 is 34.6 Å². The van der Waals surface area contributed by atoms with Gasteiger partial charge in [-0.3, -0.25) is 4.79 Å². The maximum atomic E-state index is 11.9. The molecule has 158 valence electrons. The molecule has 2 aromatic rings. The predicted octanol–water partition coefficient (Wildman–Crippen LogP) is 4.41. The maximum Gasteiger partial charge on any atom is 0.227 e. The summed E-state index contributed by atoms with van der Waals surface area (Å²) in [7, 11) is 1.66. The van der Waals surface area contributed by atoms with Crippen molar-refractivity contribution in [2.45, 2.75) is 44.8 Å². The average molecular weight is 426 g/mol. The Morgan fingerprint density at radius 2 is 2.00 bits per heavy atom. The number of benzene rings is 2. The Labute approximate surface area is 182 Å². The van der Waals surface area contributed by atoms with E-state index in [2.05, 4.69) is 24.5 Å². The van der Waals surface area contributed by atoms with E-state index < -0.39 is 0 Å². The van der Waals surface area contributed by atoms with E-state index in [1.807, 2.05) is 47.4 Å². The molecule has 0 radical (unpaired) electrons. The first-order chi connectivity index (χ1) is 14.3. The lowest BCUT2D eigenvalue weighted by atomic mass is 9.89. The summed E-state index contributed by atoms with van der Waals surface area (Å²) in [6.07, 6.45) is 2.31. The van der Waals surface area contributed by atoms with E-state index in [0.29, 0.717) is 11.5 Å². The molecule has 1 fully saturated rings. The minimum absolute atomic E-state index is 0.000319. The molecular weight excluding hydrogens is 398 g/mol. The van der Waals surface area contributed by atoms with Crippen molar-refractivity contribution in [3.05, 3.63) is 48.0 Å². The molecule has 0 spiro atoms. The second kappa shape index (κ2) is 8.14. The van der Waals surface area contributed by atoms with Crippen LogP contribution in [-0.4, -0.2) is 30.3 Å². The number of nitrogens with one attached hydrogen (secondary N) is 2. The molecule has 0 bridgehead atoms. The Hall–Kier alpha value is -2.80. The highest BCUT2D eigenvalue weighted by atomic mass is 32.1. The smallest absolute Gasteiger partial charge is 0.227 e. The van der Waals surface area contributed by atoms with Crippen LogP contribution in [0.1, 0.15) is 44.7 Å². The summed E-state index contributed by atoms with van der Waals surface area (Å²) in [5, 5.41) is 7.22. The van der Waals surface area contributed by atoms with Gasteiger partial charge in [0.05, 0.1) is 13.2 Å². The van der Waals surface area contributed by atoms with E-state index in [1.54, 1.807) is 7.11 Å². The van der Waals surface area contributed by atoms with Crippen molar-refractivity contribution in [1.29, 1.82) is 0 Å². The Morgan fingerprint density at radius 1 is 1.23 bits per heavy atom. The molecule has 1 saturated heterocycles. The Bertz CT molecular complexity index is 959. The Morgan fingerprint density at radius 3 is 2.67 bits per heavy atom. The fourth-order valence-electron chi connectivity index (χ4n) is 4.06. The molecule has 0 aromatic heterocycles. The highest BCUT2D eigenvalue weighted by Gasteiger charge is 2.34. The van der Waals surface area contributed by atoms with E-state index >= 15 is 0 Å². The molecule has 2 aliphatic rings. The predicted molar refractivity (Wildman–Crippen MR) is 122 cm³/mol. The zero-order chi connectivity index (χ0) is 21.3. The molecule has 2 aliphatic heterocycles. The third-order valence-electron chi connectivity index (χ3n) is 5.49. The highest BCUT2D eigenvalue weighted by Crippen LogP contribution is 2.41. The molecule has 2 heterocycles. The number of rotatable bonds is 4. The second-order valence-corrected chi connectivity index (χ2v) is 8.72. The maximum absolute atomic E-state index is 11.9. The molecule has 4 rings (SSSR count). The molecular formula is C23H27N3O3S. The summed E-state index contributed by atoms with van der Waals surface area (Å²) in [6, 6.07) is 13.6. The number of hydrogen-bond donors (Lipinski definition) is 2. The Balaban J connectivity index is 1.45. The molecule has 2 N–H and O–H groups in total. The van der Waals surface area contributed by atoms with Crippen LogP contribution in [0.5, 0.6) is 11.5 Å². The van der Waals surface area contributed by atoms with Crippen LogP contribution in [-0.2, 0) is 4.79 Å². The number of carbonyl (C=O) groups excluding carboxylic acids is 1. The largest absolute Gasteiger partial charge is 0.497 e. The van der Waals surface area contributed by atoms with Crippen LogP contribution in [0.4, 0.5) is 11.4 Å². The monoisotopic (exact) mass is 425 g/mol. The van der Waals surface area contributed by atoms with Gasteiger partial charge in [0.25, 0.3) is 0 Å². The fourth-order valence-corrected chi connectivity index (χ4v) is 4.32. The van der Waals surface area contributed by atoms with Crippen LogP contribution in [0.15, 0.2) is 42.5 Å². The standard InChI is InChI=1S/C23H27N3O3S/c1-23(2)14-19(18-13-17(28-3)10-11-20(18)29-23)25-22(30)24-15-6-8-16(9-7-15)26-12-4-5-21(26)27/h6-11,13,19H,4-5,12,14H2,1-3H3,(H2,24,25,30)/t19-/m1/s1. The molecule has 0 unspecified atom stereocenters. The van der Waals surface area contributed by atoms with Crippen molar-refractivity contribution < 1.29 is 14.3 Å². The molecule has 7 heteroatoms. The van der Waals surface area contributed by atoms with E-state index in [-0.39, 0.29) is 17.6 Å². The van der Waals surface area contributed by atoms with Crippen molar-refractivity contribution in [3.63, 3.8) is 0 Å². The van der Waals surface area contributed by atoms with Crippen molar-refractivity contribution in [3.8, 4) is 11.5 Å². The molecule has 30 heavy (non-hydrogen) atoms. The summed E-state index contributed by atoms with van der Waals surface area (Å²) >= 11 is 5.58. The summed E-state index contributed by atoms with van der Waals surface area (Å²) in [5.41, 5.74) is 2.52. The average Bonchev–Trinajstić information content (AvgIpc) is 3.13.